The summed E-state index contributed by atoms with van der Waals surface area (Å²) in [7, 11) is 0. The Balaban J connectivity index is 1.92. The van der Waals surface area contributed by atoms with Gasteiger partial charge >= 0.3 is 0 Å². The summed E-state index contributed by atoms with van der Waals surface area (Å²) < 4.78 is 0.845. The van der Waals surface area contributed by atoms with Gasteiger partial charge in [-0.1, -0.05) is 31.9 Å². The van der Waals surface area contributed by atoms with Crippen LogP contribution in [0, 0.1) is 0 Å². The van der Waals surface area contributed by atoms with Gasteiger partial charge in [-0.2, -0.15) is 0 Å². The van der Waals surface area contributed by atoms with Crippen molar-refractivity contribution in [1.82, 2.24) is 4.98 Å². The summed E-state index contributed by atoms with van der Waals surface area (Å²) in [4.78, 5) is 16.4. The normalized spacial score (nSPS) is 10.3. The van der Waals surface area contributed by atoms with Crippen molar-refractivity contribution in [3.05, 3.63) is 52.8 Å². The summed E-state index contributed by atoms with van der Waals surface area (Å²) in [5.41, 5.74) is 2.07. The molecular weight excluding hydrogens is 342 g/mol. The van der Waals surface area contributed by atoms with Crippen molar-refractivity contribution in [2.45, 2.75) is 26.2 Å². The molecule has 0 unspecified atom stereocenters. The number of hydrogen-bond donors (Lipinski definition) is 2. The van der Waals surface area contributed by atoms with Gasteiger partial charge in [0, 0.05) is 11.0 Å². The van der Waals surface area contributed by atoms with Gasteiger partial charge in [0.25, 0.3) is 5.91 Å². The van der Waals surface area contributed by atoms with E-state index in [-0.39, 0.29) is 5.91 Å². The van der Waals surface area contributed by atoms with Crippen molar-refractivity contribution in [1.29, 1.82) is 0 Å². The van der Waals surface area contributed by atoms with Crippen LogP contribution in [-0.2, 0) is 0 Å². The molecule has 1 heterocycles. The molecule has 116 valence electrons. The minimum Gasteiger partial charge on any atom is -0.384 e. The van der Waals surface area contributed by atoms with Crippen LogP contribution in [0.15, 0.2) is 47.1 Å². The van der Waals surface area contributed by atoms with Gasteiger partial charge in [-0.3, -0.25) is 4.79 Å². The lowest BCUT2D eigenvalue weighted by molar-refractivity contribution is 0.102. The zero-order chi connectivity index (χ0) is 15.8. The number of aromatic nitrogens is 1. The molecule has 0 bridgehead atoms. The predicted octanol–water partition coefficient (Wildman–Crippen LogP) is 4.70. The Labute approximate surface area is 139 Å². The topological polar surface area (TPSA) is 54.0 Å². The summed E-state index contributed by atoms with van der Waals surface area (Å²) >= 11 is 3.40. The molecule has 0 aliphatic heterocycles. The molecule has 2 N–H and O–H groups in total. The second-order valence-electron chi connectivity index (χ2n) is 5.00. The Bertz CT molecular complexity index is 614. The third-order valence-electron chi connectivity index (χ3n) is 3.23. The van der Waals surface area contributed by atoms with Gasteiger partial charge < -0.3 is 10.6 Å². The number of rotatable bonds is 7. The van der Waals surface area contributed by atoms with Crippen LogP contribution in [0.1, 0.15) is 36.7 Å². The number of anilines is 2. The van der Waals surface area contributed by atoms with E-state index in [4.69, 9.17) is 0 Å². The van der Waals surface area contributed by atoms with Crippen LogP contribution in [0.2, 0.25) is 0 Å². The van der Waals surface area contributed by atoms with Gasteiger partial charge in [-0.15, -0.1) is 0 Å². The third-order valence-corrected chi connectivity index (χ3v) is 3.92. The molecule has 1 amide bonds. The van der Waals surface area contributed by atoms with E-state index in [1.807, 2.05) is 30.3 Å². The Morgan fingerprint density at radius 2 is 2.00 bits per heavy atom. The molecule has 0 aliphatic rings. The van der Waals surface area contributed by atoms with Crippen LogP contribution in [0.4, 0.5) is 11.4 Å². The second-order valence-corrected chi connectivity index (χ2v) is 5.85. The molecule has 5 heteroatoms. The fourth-order valence-electron chi connectivity index (χ4n) is 1.99. The lowest BCUT2D eigenvalue weighted by atomic mass is 10.2. The number of nitrogens with one attached hydrogen (secondary N) is 2. The molecule has 2 aromatic rings. The maximum atomic E-state index is 12.2. The molecule has 0 aliphatic carbocycles. The number of hydrogen-bond acceptors (Lipinski definition) is 3. The molecule has 0 saturated heterocycles. The lowest BCUT2D eigenvalue weighted by Crippen LogP contribution is -2.14. The molecule has 2 rings (SSSR count). The molecule has 1 aromatic heterocycles. The molecule has 22 heavy (non-hydrogen) atoms. The van der Waals surface area contributed by atoms with E-state index >= 15 is 0 Å². The smallest absolute Gasteiger partial charge is 0.274 e. The van der Waals surface area contributed by atoms with Crippen molar-refractivity contribution in [2.24, 2.45) is 0 Å². The van der Waals surface area contributed by atoms with E-state index in [0.717, 1.165) is 28.8 Å². The number of pyridine rings is 1. The predicted molar refractivity (Wildman–Crippen MR) is 94.3 cm³/mol. The Kier molecular flexibility index (Phi) is 6.40. The summed E-state index contributed by atoms with van der Waals surface area (Å²) in [5.74, 6) is -0.218. The standard InChI is InChI=1S/C17H20BrN3O/c1-2-3-6-11-19-13-9-10-16(20-12-13)17(22)21-15-8-5-4-7-14(15)18/h4-5,7-10,12,19H,2-3,6,11H2,1H3,(H,21,22). The molecule has 4 nitrogen and oxygen atoms in total. The zero-order valence-corrected chi connectivity index (χ0v) is 14.2. The van der Waals surface area contributed by atoms with E-state index in [9.17, 15) is 4.79 Å². The van der Waals surface area contributed by atoms with Gasteiger partial charge in [0.15, 0.2) is 0 Å². The lowest BCUT2D eigenvalue weighted by Gasteiger charge is -2.08. The highest BCUT2D eigenvalue weighted by molar-refractivity contribution is 9.10. The first-order valence-corrected chi connectivity index (χ1v) is 8.26. The van der Waals surface area contributed by atoms with Crippen LogP contribution >= 0.6 is 15.9 Å². The molecule has 0 atom stereocenters. The highest BCUT2D eigenvalue weighted by Gasteiger charge is 2.09. The Hall–Kier alpha value is -1.88. The minimum atomic E-state index is -0.218. The molecule has 0 fully saturated rings. The Morgan fingerprint density at radius 1 is 1.18 bits per heavy atom. The van der Waals surface area contributed by atoms with Crippen molar-refractivity contribution in [2.75, 3.05) is 17.2 Å². The average molecular weight is 362 g/mol. The van der Waals surface area contributed by atoms with Gasteiger partial charge in [-0.25, -0.2) is 4.98 Å². The summed E-state index contributed by atoms with van der Waals surface area (Å²) in [5, 5.41) is 6.14. The van der Waals surface area contributed by atoms with E-state index in [1.54, 1.807) is 12.3 Å². The number of amides is 1. The first kappa shape index (κ1) is 16.5. The van der Waals surface area contributed by atoms with Crippen LogP contribution < -0.4 is 10.6 Å². The second kappa shape index (κ2) is 8.54. The van der Waals surface area contributed by atoms with Crippen molar-refractivity contribution in [3.63, 3.8) is 0 Å². The van der Waals surface area contributed by atoms with Crippen LogP contribution in [0.3, 0.4) is 0 Å². The van der Waals surface area contributed by atoms with Gasteiger partial charge in [0.2, 0.25) is 0 Å². The highest BCUT2D eigenvalue weighted by Crippen LogP contribution is 2.21. The van der Waals surface area contributed by atoms with E-state index in [0.29, 0.717) is 5.69 Å². The molecular formula is C17H20BrN3O. The highest BCUT2D eigenvalue weighted by atomic mass is 79.9. The first-order chi connectivity index (χ1) is 10.7. The summed E-state index contributed by atoms with van der Waals surface area (Å²) in [6, 6.07) is 11.1. The van der Waals surface area contributed by atoms with Crippen LogP contribution in [-0.4, -0.2) is 17.4 Å². The molecule has 0 radical (unpaired) electrons. The largest absolute Gasteiger partial charge is 0.384 e. The van der Waals surface area contributed by atoms with E-state index in [1.165, 1.54) is 12.8 Å². The zero-order valence-electron chi connectivity index (χ0n) is 12.6. The average Bonchev–Trinajstić information content (AvgIpc) is 2.54. The minimum absolute atomic E-state index is 0.218. The van der Waals surface area contributed by atoms with E-state index in [2.05, 4.69) is 38.5 Å². The number of halogens is 1. The molecule has 0 saturated carbocycles. The fourth-order valence-corrected chi connectivity index (χ4v) is 2.37. The van der Waals surface area contributed by atoms with Crippen molar-refractivity contribution < 1.29 is 4.79 Å². The number of para-hydroxylation sites is 1. The SMILES string of the molecule is CCCCCNc1ccc(C(=O)Nc2ccccc2Br)nc1. The Morgan fingerprint density at radius 3 is 2.68 bits per heavy atom. The number of nitrogens with zero attached hydrogens (tertiary/aromatic N) is 1. The number of carbonyl (C=O) groups excluding carboxylic acids is 1. The van der Waals surface area contributed by atoms with Crippen molar-refractivity contribution in [3.8, 4) is 0 Å². The maximum absolute atomic E-state index is 12.2. The summed E-state index contributed by atoms with van der Waals surface area (Å²) in [6.07, 6.45) is 5.25. The number of benzene rings is 1. The number of unbranched alkanes of at least 4 members (excludes halogenated alkanes) is 2. The van der Waals surface area contributed by atoms with Crippen LogP contribution in [0.25, 0.3) is 0 Å². The molecule has 0 spiro atoms. The first-order valence-electron chi connectivity index (χ1n) is 7.46. The van der Waals surface area contributed by atoms with Gasteiger partial charge in [-0.05, 0) is 46.6 Å². The van der Waals surface area contributed by atoms with Gasteiger partial charge in [0.1, 0.15) is 5.69 Å². The third kappa shape index (κ3) is 4.84. The monoisotopic (exact) mass is 361 g/mol. The fraction of sp³-hybridized carbons (Fsp3) is 0.294. The van der Waals surface area contributed by atoms with Crippen molar-refractivity contribution >= 4 is 33.2 Å². The maximum Gasteiger partial charge on any atom is 0.274 e. The molecule has 1 aromatic carbocycles. The van der Waals surface area contributed by atoms with E-state index < -0.39 is 0 Å². The van der Waals surface area contributed by atoms with Crippen LogP contribution in [0.5, 0.6) is 0 Å². The number of carbonyl (C=O) groups is 1. The van der Waals surface area contributed by atoms with Gasteiger partial charge in [0.05, 0.1) is 17.6 Å². The summed E-state index contributed by atoms with van der Waals surface area (Å²) in [6.45, 7) is 3.11. The quantitative estimate of drug-likeness (QED) is 0.702.